The average Bonchev–Trinajstić information content (AvgIpc) is 2.53. The summed E-state index contributed by atoms with van der Waals surface area (Å²) in [5.74, 6) is -0.0198. The third-order valence-corrected chi connectivity index (χ3v) is 1.95. The van der Waals surface area contributed by atoms with E-state index < -0.39 is 0 Å². The van der Waals surface area contributed by atoms with E-state index in [0.29, 0.717) is 0 Å². The second-order valence-corrected chi connectivity index (χ2v) is 3.40. The van der Waals surface area contributed by atoms with Crippen molar-refractivity contribution >= 4 is 12.3 Å². The Balaban J connectivity index is -0.000000122. The molecular formula is C15H18FeO6+. The third-order valence-electron chi connectivity index (χ3n) is 1.95. The summed E-state index contributed by atoms with van der Waals surface area (Å²) in [7, 11) is 0. The molecular weight excluding hydrogens is 332 g/mol. The summed E-state index contributed by atoms with van der Waals surface area (Å²) in [6.45, 7) is 18.5. The van der Waals surface area contributed by atoms with Gasteiger partial charge in [-0.05, 0) is 26.2 Å². The van der Waals surface area contributed by atoms with Crippen molar-refractivity contribution in [1.29, 1.82) is 0 Å². The van der Waals surface area contributed by atoms with Gasteiger partial charge in [0, 0.05) is 12.8 Å². The van der Waals surface area contributed by atoms with E-state index in [2.05, 4.69) is 26.9 Å². The molecule has 0 N–H and O–H groups in total. The van der Waals surface area contributed by atoms with Gasteiger partial charge in [-0.3, -0.25) is 4.79 Å². The van der Waals surface area contributed by atoms with Crippen molar-refractivity contribution in [3.05, 3.63) is 39.2 Å². The second kappa shape index (κ2) is 36.8. The molecule has 0 saturated carbocycles. The van der Waals surface area contributed by atoms with Gasteiger partial charge in [0.25, 0.3) is 0 Å². The third kappa shape index (κ3) is 36.4. The predicted octanol–water partition coefficient (Wildman–Crippen LogP) is 2.11. The molecule has 0 unspecified atom stereocenters. The summed E-state index contributed by atoms with van der Waals surface area (Å²) < 4.78 is 27.2. The Kier molecular flexibility index (Phi) is 54.7. The van der Waals surface area contributed by atoms with E-state index in [0.717, 1.165) is 25.7 Å². The molecule has 0 spiro atoms. The average molecular weight is 350 g/mol. The van der Waals surface area contributed by atoms with Gasteiger partial charge < -0.3 is 9.53 Å². The molecule has 0 aromatic rings. The monoisotopic (exact) mass is 350 g/mol. The second-order valence-electron chi connectivity index (χ2n) is 3.40. The van der Waals surface area contributed by atoms with Crippen LogP contribution in [-0.2, 0) is 45.4 Å². The Morgan fingerprint density at radius 1 is 1.18 bits per heavy atom. The fraction of sp³-hybridized carbons (Fsp3) is 0.467. The molecule has 22 heavy (non-hydrogen) atoms. The number of hydrogen-bond donors (Lipinski definition) is 0. The summed E-state index contributed by atoms with van der Waals surface area (Å²) in [5, 5.41) is 0. The van der Waals surface area contributed by atoms with Crippen LogP contribution < -0.4 is 0 Å². The van der Waals surface area contributed by atoms with Crippen molar-refractivity contribution in [3.63, 3.8) is 0 Å². The molecule has 3 radical (unpaired) electrons. The molecule has 0 saturated heterocycles. The van der Waals surface area contributed by atoms with Crippen LogP contribution in [0.1, 0.15) is 39.5 Å². The van der Waals surface area contributed by atoms with Gasteiger partial charge in [-0.2, -0.15) is 0 Å². The van der Waals surface area contributed by atoms with Gasteiger partial charge in [-0.1, -0.05) is 26.2 Å². The standard InChI is InChI=1S/C12H18O3.3CO.Fe/c1-3-4-5-8-12(15-10-13)9-6-7-11(2)14;3*1-2;/h6-7,9,12H,3-5,8H2,1-2H3;;;;/q-1;;;;+2/t12-;;;;/m1..../s1. The smallest absolute Gasteiger partial charge is 2.00 e. The zero-order valence-corrected chi connectivity index (χ0v) is 13.5. The first-order valence-electron chi connectivity index (χ1n) is 5.86. The van der Waals surface area contributed by atoms with E-state index in [1.807, 2.05) is 0 Å². The van der Waals surface area contributed by atoms with Crippen LogP contribution in [0.3, 0.4) is 0 Å². The Bertz CT molecular complexity index is 271. The fourth-order valence-corrected chi connectivity index (χ4v) is 1.17. The molecule has 0 bridgehead atoms. The van der Waals surface area contributed by atoms with Gasteiger partial charge in [-0.25, -0.2) is 0 Å². The van der Waals surface area contributed by atoms with Crippen LogP contribution >= 0.6 is 0 Å². The minimum atomic E-state index is -0.260. The maximum atomic E-state index is 10.6. The molecule has 0 aliphatic carbocycles. The van der Waals surface area contributed by atoms with Crippen LogP contribution in [0, 0.1) is 39.2 Å². The first-order valence-corrected chi connectivity index (χ1v) is 5.86. The van der Waals surface area contributed by atoms with E-state index in [9.17, 15) is 9.59 Å². The van der Waals surface area contributed by atoms with E-state index >= 15 is 0 Å². The summed E-state index contributed by atoms with van der Waals surface area (Å²) >= 11 is 0. The topological polar surface area (TPSA) is 103 Å². The van der Waals surface area contributed by atoms with Crippen molar-refractivity contribution in [2.75, 3.05) is 0 Å². The number of rotatable bonds is 10. The molecule has 0 aliphatic rings. The van der Waals surface area contributed by atoms with Gasteiger partial charge >= 0.3 is 51.0 Å². The maximum absolute atomic E-state index is 10.6. The molecule has 0 amide bonds. The first kappa shape index (κ1) is 32.7. The van der Waals surface area contributed by atoms with E-state index in [4.69, 9.17) is 18.7 Å². The van der Waals surface area contributed by atoms with Crippen molar-refractivity contribution in [1.82, 2.24) is 0 Å². The Hall–Kier alpha value is -1.12. The van der Waals surface area contributed by atoms with E-state index in [-0.39, 0.29) is 29.0 Å². The van der Waals surface area contributed by atoms with Crippen molar-refractivity contribution in [2.45, 2.75) is 45.6 Å². The van der Waals surface area contributed by atoms with Crippen molar-refractivity contribution < 1.29 is 45.4 Å². The van der Waals surface area contributed by atoms with Gasteiger partial charge in [0.15, 0.2) is 0 Å². The SMILES string of the molecule is CCCCC[C@H]([CH][CH][CH]C(C)=O)O[C-]=O.[C-]#[O+].[C-]#[O+].[C-]#[O+].[Fe+2]. The summed E-state index contributed by atoms with van der Waals surface area (Å²) in [6.07, 6.45) is 8.55. The number of Topliss-reactive ketones (excluding diaryl/α,β-unsaturated/α-hetero) is 1. The summed E-state index contributed by atoms with van der Waals surface area (Å²) in [4.78, 5) is 20.7. The molecule has 0 aromatic heterocycles. The predicted molar refractivity (Wildman–Crippen MR) is 70.1 cm³/mol. The van der Waals surface area contributed by atoms with Crippen LogP contribution in [0.25, 0.3) is 0 Å². The van der Waals surface area contributed by atoms with Crippen LogP contribution in [0.2, 0.25) is 0 Å². The van der Waals surface area contributed by atoms with Crippen LogP contribution in [-0.4, -0.2) is 18.4 Å². The normalized spacial score (nSPS) is 8.55. The molecule has 0 aliphatic heterocycles. The van der Waals surface area contributed by atoms with Gasteiger partial charge in [0.2, 0.25) is 0 Å². The van der Waals surface area contributed by atoms with E-state index in [1.165, 1.54) is 19.8 Å². The Labute approximate surface area is 143 Å². The molecule has 0 fully saturated rings. The number of hydrogen-bond acceptors (Lipinski definition) is 3. The molecule has 7 heteroatoms. The number of ether oxygens (including phenoxy) is 1. The summed E-state index contributed by atoms with van der Waals surface area (Å²) in [6, 6.07) is 0. The molecule has 6 nitrogen and oxygen atoms in total. The van der Waals surface area contributed by atoms with Crippen LogP contribution in [0.4, 0.5) is 0 Å². The largest absolute Gasteiger partial charge is 2.00 e. The van der Waals surface area contributed by atoms with Crippen LogP contribution in [0.15, 0.2) is 0 Å². The van der Waals surface area contributed by atoms with Gasteiger partial charge in [0.1, 0.15) is 5.78 Å². The number of unbranched alkanes of at least 4 members (excludes halogenated alkanes) is 2. The Morgan fingerprint density at radius 2 is 1.68 bits per heavy atom. The van der Waals surface area contributed by atoms with Crippen LogP contribution in [0.5, 0.6) is 0 Å². The molecule has 0 heterocycles. The maximum Gasteiger partial charge on any atom is 2.00 e. The van der Waals surface area contributed by atoms with Gasteiger partial charge in [0.05, 0.1) is 6.10 Å². The Morgan fingerprint density at radius 3 is 2.05 bits per heavy atom. The van der Waals surface area contributed by atoms with Crippen molar-refractivity contribution in [2.24, 2.45) is 0 Å². The number of carbonyl (C=O) groups excluding carboxylic acids is 2. The quantitative estimate of drug-likeness (QED) is 0.261. The summed E-state index contributed by atoms with van der Waals surface area (Å²) in [5.41, 5.74) is 0. The minimum Gasteiger partial charge on any atom is 2.00 e. The molecule has 0 aromatic carbocycles. The number of ketones is 1. The van der Waals surface area contributed by atoms with E-state index in [1.54, 1.807) is 12.8 Å². The van der Waals surface area contributed by atoms with Crippen molar-refractivity contribution in [3.8, 4) is 0 Å². The molecule has 121 valence electrons. The zero-order valence-electron chi connectivity index (χ0n) is 12.4. The first-order chi connectivity index (χ1) is 10.2. The minimum absolute atomic E-state index is 0. The number of carbonyl (C=O) groups is 1. The zero-order chi connectivity index (χ0) is 17.5. The fourth-order valence-electron chi connectivity index (χ4n) is 1.17. The molecule has 1 atom stereocenters. The molecule has 0 rings (SSSR count). The van der Waals surface area contributed by atoms with Gasteiger partial charge in [-0.15, -0.1) is 0 Å².